The fraction of sp³-hybridized carbons (Fsp3) is 0.500. The largest absolute Gasteiger partial charge is 0.281 e. The molecule has 1 aliphatic carbocycles. The highest BCUT2D eigenvalue weighted by Crippen LogP contribution is 2.21. The maximum absolute atomic E-state index is 10.2. The molecule has 1 nitrogen and oxygen atoms in total. The first kappa shape index (κ1) is 5.83. The van der Waals surface area contributed by atoms with Crippen LogP contribution in [0.5, 0.6) is 0 Å². The number of halogens is 1. The van der Waals surface area contributed by atoms with Gasteiger partial charge in [0.2, 0.25) is 5.24 Å². The van der Waals surface area contributed by atoms with Gasteiger partial charge in [-0.05, 0) is 24.4 Å². The minimum atomic E-state index is -0.240. The minimum Gasteiger partial charge on any atom is -0.281 e. The van der Waals surface area contributed by atoms with Crippen molar-refractivity contribution in [2.75, 3.05) is 0 Å². The van der Waals surface area contributed by atoms with E-state index in [0.717, 1.165) is 12.8 Å². The number of allylic oxidation sites excluding steroid dienone is 2. The smallest absolute Gasteiger partial charge is 0.225 e. The Balaban J connectivity index is 2.29. The van der Waals surface area contributed by atoms with Crippen molar-refractivity contribution in [2.24, 2.45) is 0 Å². The highest BCUT2D eigenvalue weighted by molar-refractivity contribution is 6.63. The lowest BCUT2D eigenvalue weighted by atomic mass is 9.97. The van der Waals surface area contributed by atoms with E-state index >= 15 is 0 Å². The first-order valence-electron chi connectivity index (χ1n) is 2.65. The van der Waals surface area contributed by atoms with Gasteiger partial charge >= 0.3 is 0 Å². The van der Waals surface area contributed by atoms with Crippen molar-refractivity contribution in [3.05, 3.63) is 11.6 Å². The summed E-state index contributed by atoms with van der Waals surface area (Å²) in [6.07, 6.45) is 4.71. The van der Waals surface area contributed by atoms with Gasteiger partial charge in [-0.25, -0.2) is 0 Å². The highest BCUT2D eigenvalue weighted by atomic mass is 35.5. The molecule has 1 rings (SSSR count). The molecule has 44 valence electrons. The summed E-state index contributed by atoms with van der Waals surface area (Å²) in [5.41, 5.74) is 1.20. The highest BCUT2D eigenvalue weighted by Gasteiger charge is 2.07. The van der Waals surface area contributed by atoms with Crippen LogP contribution in [-0.2, 0) is 4.79 Å². The molecule has 8 heavy (non-hydrogen) atoms. The van der Waals surface area contributed by atoms with Crippen LogP contribution in [0.3, 0.4) is 0 Å². The normalized spacial score (nSPS) is 16.9. The van der Waals surface area contributed by atoms with E-state index in [0.29, 0.717) is 6.42 Å². The van der Waals surface area contributed by atoms with Gasteiger partial charge in [0.25, 0.3) is 0 Å². The molecule has 0 bridgehead atoms. The second-order valence-electron chi connectivity index (χ2n) is 1.93. The van der Waals surface area contributed by atoms with E-state index in [1.165, 1.54) is 5.57 Å². The molecule has 0 aliphatic heterocycles. The van der Waals surface area contributed by atoms with Gasteiger partial charge in [0.1, 0.15) is 0 Å². The van der Waals surface area contributed by atoms with E-state index in [-0.39, 0.29) is 5.24 Å². The molecule has 1 aliphatic rings. The SMILES string of the molecule is O=C(Cl)CC1=CCC1. The van der Waals surface area contributed by atoms with Gasteiger partial charge in [-0.3, -0.25) is 4.79 Å². The third-order valence-electron chi connectivity index (χ3n) is 1.26. The van der Waals surface area contributed by atoms with Crippen LogP contribution in [0.15, 0.2) is 11.6 Å². The van der Waals surface area contributed by atoms with Crippen LogP contribution in [0.4, 0.5) is 0 Å². The molecule has 0 saturated heterocycles. The molecule has 0 aromatic rings. The molecule has 0 spiro atoms. The Bertz CT molecular complexity index is 137. The fourth-order valence-electron chi connectivity index (χ4n) is 0.688. The second kappa shape index (κ2) is 2.31. The molecule has 0 aromatic carbocycles. The van der Waals surface area contributed by atoms with Gasteiger partial charge in [0.15, 0.2) is 0 Å². The first-order chi connectivity index (χ1) is 3.79. The molecule has 0 amide bonds. The first-order valence-corrected chi connectivity index (χ1v) is 3.03. The summed E-state index contributed by atoms with van der Waals surface area (Å²) in [6.45, 7) is 0. The summed E-state index contributed by atoms with van der Waals surface area (Å²) in [4.78, 5) is 10.2. The number of hydrogen-bond acceptors (Lipinski definition) is 1. The predicted octanol–water partition coefficient (Wildman–Crippen LogP) is 1.86. The average molecular weight is 131 g/mol. The maximum Gasteiger partial charge on any atom is 0.225 e. The van der Waals surface area contributed by atoms with Crippen molar-refractivity contribution in [1.82, 2.24) is 0 Å². The van der Waals surface area contributed by atoms with Crippen LogP contribution in [0, 0.1) is 0 Å². The summed E-state index contributed by atoms with van der Waals surface area (Å²) >= 11 is 5.11. The van der Waals surface area contributed by atoms with Crippen LogP contribution in [0.2, 0.25) is 0 Å². The Labute approximate surface area is 53.3 Å². The zero-order valence-electron chi connectivity index (χ0n) is 4.48. The van der Waals surface area contributed by atoms with Crippen LogP contribution in [-0.4, -0.2) is 5.24 Å². The molecule has 0 saturated carbocycles. The minimum absolute atomic E-state index is 0.240. The molecular formula is C6H7ClO. The summed E-state index contributed by atoms with van der Waals surface area (Å²) < 4.78 is 0. The molecule has 0 aromatic heterocycles. The molecule has 0 heterocycles. The number of rotatable bonds is 2. The predicted molar refractivity (Wildman–Crippen MR) is 32.8 cm³/mol. The lowest BCUT2D eigenvalue weighted by Crippen LogP contribution is -1.97. The van der Waals surface area contributed by atoms with Crippen molar-refractivity contribution in [3.63, 3.8) is 0 Å². The van der Waals surface area contributed by atoms with E-state index in [1.54, 1.807) is 0 Å². The molecule has 0 unspecified atom stereocenters. The number of carbonyl (C=O) groups excluding carboxylic acids is 1. The van der Waals surface area contributed by atoms with Crippen LogP contribution >= 0.6 is 11.6 Å². The molecule has 0 atom stereocenters. The van der Waals surface area contributed by atoms with Gasteiger partial charge in [-0.2, -0.15) is 0 Å². The summed E-state index contributed by atoms with van der Waals surface area (Å²) in [5.74, 6) is 0. The van der Waals surface area contributed by atoms with E-state index in [2.05, 4.69) is 6.08 Å². The van der Waals surface area contributed by atoms with E-state index in [4.69, 9.17) is 11.6 Å². The van der Waals surface area contributed by atoms with Crippen molar-refractivity contribution in [1.29, 1.82) is 0 Å². The van der Waals surface area contributed by atoms with Crippen LogP contribution < -0.4 is 0 Å². The summed E-state index contributed by atoms with van der Waals surface area (Å²) in [5, 5.41) is -0.240. The molecule has 0 radical (unpaired) electrons. The van der Waals surface area contributed by atoms with Gasteiger partial charge in [0, 0.05) is 6.42 Å². The third-order valence-corrected chi connectivity index (χ3v) is 1.40. The summed E-state index contributed by atoms with van der Waals surface area (Å²) in [7, 11) is 0. The van der Waals surface area contributed by atoms with Crippen molar-refractivity contribution < 1.29 is 4.79 Å². The zero-order chi connectivity index (χ0) is 5.98. The Morgan fingerprint density at radius 3 is 2.62 bits per heavy atom. The van der Waals surface area contributed by atoms with E-state index in [9.17, 15) is 4.79 Å². The lowest BCUT2D eigenvalue weighted by molar-refractivity contribution is -0.111. The number of carbonyl (C=O) groups is 1. The maximum atomic E-state index is 10.2. The van der Waals surface area contributed by atoms with Crippen molar-refractivity contribution in [2.45, 2.75) is 19.3 Å². The van der Waals surface area contributed by atoms with E-state index < -0.39 is 0 Å². The van der Waals surface area contributed by atoms with Gasteiger partial charge in [-0.15, -0.1) is 0 Å². The molecular weight excluding hydrogens is 124 g/mol. The van der Waals surface area contributed by atoms with Crippen molar-refractivity contribution >= 4 is 16.8 Å². The van der Waals surface area contributed by atoms with Gasteiger partial charge in [-0.1, -0.05) is 11.6 Å². The fourth-order valence-corrected chi connectivity index (χ4v) is 0.859. The third kappa shape index (κ3) is 1.34. The van der Waals surface area contributed by atoms with E-state index in [1.807, 2.05) is 0 Å². The standard InChI is InChI=1S/C6H7ClO/c7-6(8)4-5-2-1-3-5/h2H,1,3-4H2. The monoisotopic (exact) mass is 130 g/mol. The van der Waals surface area contributed by atoms with Crippen molar-refractivity contribution in [3.8, 4) is 0 Å². The quantitative estimate of drug-likeness (QED) is 0.412. The van der Waals surface area contributed by atoms with Crippen LogP contribution in [0.1, 0.15) is 19.3 Å². The molecule has 0 N–H and O–H groups in total. The second-order valence-corrected chi connectivity index (χ2v) is 2.35. The van der Waals surface area contributed by atoms with Crippen LogP contribution in [0.25, 0.3) is 0 Å². The van der Waals surface area contributed by atoms with Gasteiger partial charge in [0.05, 0.1) is 0 Å². The Morgan fingerprint density at radius 1 is 1.88 bits per heavy atom. The zero-order valence-corrected chi connectivity index (χ0v) is 5.24. The Morgan fingerprint density at radius 2 is 2.50 bits per heavy atom. The summed E-state index contributed by atoms with van der Waals surface area (Å²) in [6, 6.07) is 0. The lowest BCUT2D eigenvalue weighted by Gasteiger charge is -2.10. The van der Waals surface area contributed by atoms with Gasteiger partial charge < -0.3 is 0 Å². The Hall–Kier alpha value is -0.300. The molecule has 0 fully saturated rings. The molecule has 2 heteroatoms. The number of hydrogen-bond donors (Lipinski definition) is 0. The topological polar surface area (TPSA) is 17.1 Å². The Kier molecular flexibility index (Phi) is 1.69. The average Bonchev–Trinajstić information content (AvgIpc) is 1.55.